The Morgan fingerprint density at radius 3 is 2.61 bits per heavy atom. The highest BCUT2D eigenvalue weighted by molar-refractivity contribution is 6.10. The summed E-state index contributed by atoms with van der Waals surface area (Å²) in [6.07, 6.45) is 2.23. The Kier molecular flexibility index (Phi) is 4.87. The second kappa shape index (κ2) is 7.34. The first-order chi connectivity index (χ1) is 13.5. The molecule has 1 atom stereocenters. The SMILES string of the molecule is COc1ccc(N2CCN(C(=O)c3c(C)[nH]c4c3C(=O)CCC4)[C@H](C)C2)cc1. The van der Waals surface area contributed by atoms with Gasteiger partial charge < -0.3 is 19.5 Å². The van der Waals surface area contributed by atoms with Crippen LogP contribution in [0.1, 0.15) is 51.9 Å². The molecule has 1 aromatic carbocycles. The van der Waals surface area contributed by atoms with Crippen LogP contribution in [0.4, 0.5) is 5.69 Å². The number of aromatic nitrogens is 1. The molecule has 1 fully saturated rings. The maximum Gasteiger partial charge on any atom is 0.256 e. The van der Waals surface area contributed by atoms with Crippen LogP contribution in [0.2, 0.25) is 0 Å². The lowest BCUT2D eigenvalue weighted by molar-refractivity contribution is 0.0669. The van der Waals surface area contributed by atoms with E-state index in [1.54, 1.807) is 7.11 Å². The van der Waals surface area contributed by atoms with Crippen LogP contribution in [-0.4, -0.2) is 54.4 Å². The van der Waals surface area contributed by atoms with Crippen molar-refractivity contribution in [1.29, 1.82) is 0 Å². The van der Waals surface area contributed by atoms with Crippen molar-refractivity contribution in [3.05, 3.63) is 46.8 Å². The molecule has 0 saturated carbocycles. The van der Waals surface area contributed by atoms with Crippen molar-refractivity contribution in [1.82, 2.24) is 9.88 Å². The minimum absolute atomic E-state index is 0.0212. The third-order valence-corrected chi connectivity index (χ3v) is 5.91. The van der Waals surface area contributed by atoms with Gasteiger partial charge in [-0.2, -0.15) is 0 Å². The highest BCUT2D eigenvalue weighted by Crippen LogP contribution is 2.29. The fourth-order valence-corrected chi connectivity index (χ4v) is 4.43. The number of carbonyl (C=O) groups is 2. The van der Waals surface area contributed by atoms with Crippen LogP contribution in [0.5, 0.6) is 5.75 Å². The van der Waals surface area contributed by atoms with Crippen molar-refractivity contribution in [2.24, 2.45) is 0 Å². The van der Waals surface area contributed by atoms with E-state index in [0.717, 1.165) is 48.8 Å². The zero-order chi connectivity index (χ0) is 19.8. The van der Waals surface area contributed by atoms with Gasteiger partial charge in [0.1, 0.15) is 5.75 Å². The molecule has 1 saturated heterocycles. The molecule has 1 aromatic heterocycles. The number of aryl methyl sites for hydroxylation is 2. The van der Waals surface area contributed by atoms with Crippen molar-refractivity contribution < 1.29 is 14.3 Å². The van der Waals surface area contributed by atoms with E-state index in [0.29, 0.717) is 24.1 Å². The van der Waals surface area contributed by atoms with E-state index in [-0.39, 0.29) is 17.7 Å². The van der Waals surface area contributed by atoms with E-state index in [1.165, 1.54) is 0 Å². The molecule has 0 bridgehead atoms. The normalized spacial score (nSPS) is 19.5. The largest absolute Gasteiger partial charge is 0.497 e. The van der Waals surface area contributed by atoms with Crippen LogP contribution >= 0.6 is 0 Å². The van der Waals surface area contributed by atoms with Gasteiger partial charge in [-0.25, -0.2) is 0 Å². The number of fused-ring (bicyclic) bond motifs is 1. The first-order valence-corrected chi connectivity index (χ1v) is 9.94. The molecule has 4 rings (SSSR count). The summed E-state index contributed by atoms with van der Waals surface area (Å²) in [6, 6.07) is 8.08. The van der Waals surface area contributed by atoms with E-state index in [2.05, 4.69) is 16.8 Å². The number of rotatable bonds is 3. The fraction of sp³-hybridized carbons (Fsp3) is 0.455. The van der Waals surface area contributed by atoms with Crippen molar-refractivity contribution in [2.75, 3.05) is 31.6 Å². The number of piperazine rings is 1. The predicted molar refractivity (Wildman–Crippen MR) is 109 cm³/mol. The number of methoxy groups -OCH3 is 1. The minimum atomic E-state index is -0.0212. The number of H-pyrrole nitrogens is 1. The fourth-order valence-electron chi connectivity index (χ4n) is 4.43. The number of hydrogen-bond acceptors (Lipinski definition) is 4. The maximum atomic E-state index is 13.4. The lowest BCUT2D eigenvalue weighted by atomic mass is 9.92. The van der Waals surface area contributed by atoms with E-state index in [1.807, 2.05) is 36.1 Å². The van der Waals surface area contributed by atoms with Crippen molar-refractivity contribution >= 4 is 17.4 Å². The Morgan fingerprint density at radius 1 is 1.18 bits per heavy atom. The molecule has 0 radical (unpaired) electrons. The van der Waals surface area contributed by atoms with Gasteiger partial charge in [0.2, 0.25) is 0 Å². The Bertz CT molecular complexity index is 900. The van der Waals surface area contributed by atoms with Crippen molar-refractivity contribution in [2.45, 2.75) is 39.2 Å². The van der Waals surface area contributed by atoms with Crippen LogP contribution in [-0.2, 0) is 6.42 Å². The summed E-state index contributed by atoms with van der Waals surface area (Å²) in [5.41, 5.74) is 4.10. The molecule has 2 heterocycles. The first kappa shape index (κ1) is 18.6. The van der Waals surface area contributed by atoms with Crippen LogP contribution < -0.4 is 9.64 Å². The van der Waals surface area contributed by atoms with E-state index < -0.39 is 0 Å². The first-order valence-electron chi connectivity index (χ1n) is 9.94. The van der Waals surface area contributed by atoms with E-state index in [4.69, 9.17) is 4.74 Å². The number of ether oxygens (including phenoxy) is 1. The smallest absolute Gasteiger partial charge is 0.256 e. The van der Waals surface area contributed by atoms with Crippen LogP contribution in [0.15, 0.2) is 24.3 Å². The highest BCUT2D eigenvalue weighted by atomic mass is 16.5. The zero-order valence-electron chi connectivity index (χ0n) is 16.7. The molecule has 1 aliphatic carbocycles. The van der Waals surface area contributed by atoms with Gasteiger partial charge in [0.15, 0.2) is 5.78 Å². The van der Waals surface area contributed by atoms with Crippen molar-refractivity contribution in [3.63, 3.8) is 0 Å². The molecule has 6 heteroatoms. The standard InChI is InChI=1S/C22H27N3O3/c1-14-13-24(16-7-9-17(28-3)10-8-16)11-12-25(14)22(27)20-15(2)23-18-5-4-6-19(26)21(18)20/h7-10,14,23H,4-6,11-13H2,1-3H3/t14-/m1/s1. The van der Waals surface area contributed by atoms with Gasteiger partial charge in [0.05, 0.1) is 18.2 Å². The number of carbonyl (C=O) groups excluding carboxylic acids is 2. The summed E-state index contributed by atoms with van der Waals surface area (Å²) in [5, 5.41) is 0. The molecular weight excluding hydrogens is 354 g/mol. The van der Waals surface area contributed by atoms with Crippen molar-refractivity contribution in [3.8, 4) is 5.75 Å². The van der Waals surface area contributed by atoms with E-state index >= 15 is 0 Å². The average Bonchev–Trinajstić information content (AvgIpc) is 3.04. The molecule has 1 aliphatic heterocycles. The maximum absolute atomic E-state index is 13.4. The lowest BCUT2D eigenvalue weighted by Gasteiger charge is -2.41. The zero-order valence-corrected chi connectivity index (χ0v) is 16.7. The topological polar surface area (TPSA) is 65.6 Å². The Morgan fingerprint density at radius 2 is 1.93 bits per heavy atom. The van der Waals surface area contributed by atoms with Gasteiger partial charge in [0.25, 0.3) is 5.91 Å². The molecule has 0 spiro atoms. The number of nitrogens with one attached hydrogen (secondary N) is 1. The van der Waals surface area contributed by atoms with Crippen LogP contribution in [0, 0.1) is 6.92 Å². The Labute approximate surface area is 165 Å². The number of benzene rings is 1. The molecule has 0 unspecified atom stereocenters. The number of amides is 1. The molecule has 2 aromatic rings. The average molecular weight is 381 g/mol. The van der Waals surface area contributed by atoms with Gasteiger partial charge in [-0.3, -0.25) is 9.59 Å². The molecule has 6 nitrogen and oxygen atoms in total. The number of nitrogens with zero attached hydrogens (tertiary/aromatic N) is 2. The number of Topliss-reactive ketones (excluding diaryl/α,β-unsaturated/α-hetero) is 1. The summed E-state index contributed by atoms with van der Waals surface area (Å²) >= 11 is 0. The van der Waals surface area contributed by atoms with Crippen LogP contribution in [0.3, 0.4) is 0 Å². The van der Waals surface area contributed by atoms with Gasteiger partial charge in [-0.1, -0.05) is 0 Å². The molecule has 1 amide bonds. The summed E-state index contributed by atoms with van der Waals surface area (Å²) in [5.74, 6) is 0.911. The molecular formula is C22H27N3O3. The van der Waals surface area contributed by atoms with Crippen LogP contribution in [0.25, 0.3) is 0 Å². The third kappa shape index (κ3) is 3.17. The minimum Gasteiger partial charge on any atom is -0.497 e. The van der Waals surface area contributed by atoms with Gasteiger partial charge >= 0.3 is 0 Å². The molecule has 2 aliphatic rings. The number of hydrogen-bond donors (Lipinski definition) is 1. The summed E-state index contributed by atoms with van der Waals surface area (Å²) in [6.45, 7) is 6.14. The quantitative estimate of drug-likeness (QED) is 0.887. The number of aromatic amines is 1. The number of ketones is 1. The molecule has 148 valence electrons. The molecule has 28 heavy (non-hydrogen) atoms. The lowest BCUT2D eigenvalue weighted by Crippen LogP contribution is -2.54. The van der Waals surface area contributed by atoms with E-state index in [9.17, 15) is 9.59 Å². The summed E-state index contributed by atoms with van der Waals surface area (Å²) in [7, 11) is 1.66. The predicted octanol–water partition coefficient (Wildman–Crippen LogP) is 3.20. The Hall–Kier alpha value is -2.76. The van der Waals surface area contributed by atoms with Gasteiger partial charge in [0, 0.05) is 49.2 Å². The summed E-state index contributed by atoms with van der Waals surface area (Å²) in [4.78, 5) is 33.3. The summed E-state index contributed by atoms with van der Waals surface area (Å²) < 4.78 is 5.23. The second-order valence-electron chi connectivity index (χ2n) is 7.75. The highest BCUT2D eigenvalue weighted by Gasteiger charge is 2.34. The van der Waals surface area contributed by atoms with Gasteiger partial charge in [-0.05, 0) is 51.0 Å². The molecule has 1 N–H and O–H groups in total. The second-order valence-corrected chi connectivity index (χ2v) is 7.75. The third-order valence-electron chi connectivity index (χ3n) is 5.91. The Balaban J connectivity index is 1.53. The number of anilines is 1. The monoisotopic (exact) mass is 381 g/mol. The van der Waals surface area contributed by atoms with Gasteiger partial charge in [-0.15, -0.1) is 0 Å².